The van der Waals surface area contributed by atoms with Crippen molar-refractivity contribution >= 4 is 28.5 Å². The number of carbonyl (C=O) groups excluding carboxylic acids is 1. The Bertz CT molecular complexity index is 241. The van der Waals surface area contributed by atoms with Gasteiger partial charge in [-0.05, 0) is 18.6 Å². The lowest BCUT2D eigenvalue weighted by molar-refractivity contribution is -0.130. The van der Waals surface area contributed by atoms with E-state index in [-0.39, 0.29) is 11.2 Å². The van der Waals surface area contributed by atoms with Crippen LogP contribution in [0.4, 0.5) is 0 Å². The van der Waals surface area contributed by atoms with Crippen LogP contribution >= 0.6 is 11.8 Å². The summed E-state index contributed by atoms with van der Waals surface area (Å²) in [6.45, 7) is 1.39. The third kappa shape index (κ3) is 2.31. The maximum atomic E-state index is 11.9. The maximum absolute atomic E-state index is 11.9. The monoisotopic (exact) mass is 233 g/mol. The minimum Gasteiger partial charge on any atom is -0.340 e. The van der Waals surface area contributed by atoms with E-state index in [1.165, 1.54) is 6.42 Å². The van der Waals surface area contributed by atoms with Crippen LogP contribution < -0.4 is 0 Å². The van der Waals surface area contributed by atoms with Crippen LogP contribution in [-0.4, -0.2) is 50.6 Å². The van der Waals surface area contributed by atoms with Crippen molar-refractivity contribution in [3.63, 3.8) is 0 Å². The molecule has 14 heavy (non-hydrogen) atoms. The Balaban J connectivity index is 1.88. The summed E-state index contributed by atoms with van der Waals surface area (Å²) in [7, 11) is -0.680. The van der Waals surface area contributed by atoms with E-state index in [1.54, 1.807) is 11.8 Å². The number of hydrogen-bond donors (Lipinski definition) is 0. The van der Waals surface area contributed by atoms with E-state index in [0.717, 1.165) is 12.2 Å². The first kappa shape index (κ1) is 10.5. The van der Waals surface area contributed by atoms with Gasteiger partial charge in [0.2, 0.25) is 5.91 Å². The Morgan fingerprint density at radius 3 is 2.64 bits per heavy atom. The van der Waals surface area contributed by atoms with Gasteiger partial charge in [-0.15, -0.1) is 11.8 Å². The van der Waals surface area contributed by atoms with Crippen LogP contribution in [0.15, 0.2) is 0 Å². The molecule has 2 rings (SSSR count). The average molecular weight is 233 g/mol. The zero-order chi connectivity index (χ0) is 9.97. The number of thioether (sulfide) groups is 1. The first-order valence-electron chi connectivity index (χ1n) is 5.03. The zero-order valence-corrected chi connectivity index (χ0v) is 9.74. The molecule has 0 spiro atoms. The summed E-state index contributed by atoms with van der Waals surface area (Å²) in [5, 5.41) is 0.196. The fourth-order valence-electron chi connectivity index (χ4n) is 1.83. The summed E-state index contributed by atoms with van der Waals surface area (Å²) in [6.07, 6.45) is 2.20. The van der Waals surface area contributed by atoms with Gasteiger partial charge < -0.3 is 4.90 Å². The lowest BCUT2D eigenvalue weighted by atomic mass is 10.2. The van der Waals surface area contributed by atoms with Gasteiger partial charge in [-0.2, -0.15) is 0 Å². The maximum Gasteiger partial charge on any atom is 0.235 e. The topological polar surface area (TPSA) is 37.4 Å². The second-order valence-corrected chi connectivity index (χ2v) is 6.68. The predicted octanol–water partition coefficient (Wildman–Crippen LogP) is 0.473. The van der Waals surface area contributed by atoms with E-state index in [0.29, 0.717) is 24.6 Å². The van der Waals surface area contributed by atoms with Crippen LogP contribution in [0.25, 0.3) is 0 Å². The Labute approximate surface area is 91.1 Å². The van der Waals surface area contributed by atoms with Gasteiger partial charge in [-0.25, -0.2) is 0 Å². The quantitative estimate of drug-likeness (QED) is 0.661. The first-order valence-corrected chi connectivity index (χ1v) is 7.56. The van der Waals surface area contributed by atoms with Gasteiger partial charge >= 0.3 is 0 Å². The van der Waals surface area contributed by atoms with Crippen LogP contribution in [-0.2, 0) is 15.6 Å². The minimum atomic E-state index is -0.680. The highest BCUT2D eigenvalue weighted by Gasteiger charge is 2.29. The highest BCUT2D eigenvalue weighted by atomic mass is 32.2. The average Bonchev–Trinajstić information content (AvgIpc) is 2.71. The molecule has 2 aliphatic rings. The van der Waals surface area contributed by atoms with Crippen LogP contribution in [0.1, 0.15) is 12.8 Å². The van der Waals surface area contributed by atoms with Crippen molar-refractivity contribution in [2.75, 3.05) is 30.3 Å². The molecule has 0 aromatic rings. The molecule has 0 unspecified atom stereocenters. The Morgan fingerprint density at radius 2 is 2.07 bits per heavy atom. The predicted molar refractivity (Wildman–Crippen MR) is 59.9 cm³/mol. The molecule has 0 saturated carbocycles. The van der Waals surface area contributed by atoms with Crippen molar-refractivity contribution in [3.8, 4) is 0 Å². The number of carbonyl (C=O) groups is 1. The van der Waals surface area contributed by atoms with Crippen LogP contribution in [0.3, 0.4) is 0 Å². The first-order chi connectivity index (χ1) is 6.77. The van der Waals surface area contributed by atoms with Gasteiger partial charge in [-0.3, -0.25) is 9.00 Å². The highest BCUT2D eigenvalue weighted by Crippen LogP contribution is 2.27. The molecular weight excluding hydrogens is 218 g/mol. The Kier molecular flexibility index (Phi) is 3.49. The third-order valence-corrected chi connectivity index (χ3v) is 5.33. The second-order valence-electron chi connectivity index (χ2n) is 3.68. The molecule has 3 nitrogen and oxygen atoms in total. The molecule has 0 aromatic carbocycles. The standard InChI is InChI=1S/C9H15NO2S2/c11-9(8-2-1-5-13-8)10-3-6-14(12)7-4-10/h8H,1-7H2/t8-/m0/s1. The van der Waals surface area contributed by atoms with Crippen molar-refractivity contribution in [2.45, 2.75) is 18.1 Å². The highest BCUT2D eigenvalue weighted by molar-refractivity contribution is 8.00. The summed E-state index contributed by atoms with van der Waals surface area (Å²) in [4.78, 5) is 13.8. The van der Waals surface area contributed by atoms with Gasteiger partial charge in [0.15, 0.2) is 0 Å². The molecule has 0 N–H and O–H groups in total. The molecule has 2 saturated heterocycles. The fourth-order valence-corrected chi connectivity index (χ4v) is 4.13. The van der Waals surface area contributed by atoms with E-state index in [1.807, 2.05) is 4.90 Å². The van der Waals surface area contributed by atoms with Crippen molar-refractivity contribution in [1.82, 2.24) is 4.90 Å². The molecule has 2 fully saturated rings. The normalized spacial score (nSPS) is 29.4. The molecule has 0 bridgehead atoms. The molecular formula is C9H15NO2S2. The van der Waals surface area contributed by atoms with Gasteiger partial charge in [0.05, 0.1) is 5.25 Å². The number of hydrogen-bond acceptors (Lipinski definition) is 3. The SMILES string of the molecule is O=C([C@@H]1CCCS1)N1CCS(=O)CC1. The molecule has 2 heterocycles. The second kappa shape index (κ2) is 4.66. The van der Waals surface area contributed by atoms with Gasteiger partial charge in [0.1, 0.15) is 0 Å². The Hall–Kier alpha value is -0.0300. The number of nitrogens with zero attached hydrogens (tertiary/aromatic N) is 1. The largest absolute Gasteiger partial charge is 0.340 e. The lowest BCUT2D eigenvalue weighted by Gasteiger charge is -2.28. The van der Waals surface area contributed by atoms with E-state index < -0.39 is 10.8 Å². The third-order valence-electron chi connectivity index (χ3n) is 2.69. The summed E-state index contributed by atoms with van der Waals surface area (Å²) in [6, 6.07) is 0. The van der Waals surface area contributed by atoms with Gasteiger partial charge in [0.25, 0.3) is 0 Å². The smallest absolute Gasteiger partial charge is 0.235 e. The van der Waals surface area contributed by atoms with Gasteiger partial charge in [-0.1, -0.05) is 0 Å². The Morgan fingerprint density at radius 1 is 1.36 bits per heavy atom. The molecule has 0 aliphatic carbocycles. The van der Waals surface area contributed by atoms with Crippen molar-refractivity contribution in [3.05, 3.63) is 0 Å². The van der Waals surface area contributed by atoms with Crippen LogP contribution in [0, 0.1) is 0 Å². The summed E-state index contributed by atoms with van der Waals surface area (Å²) in [5.41, 5.74) is 0. The number of rotatable bonds is 1. The number of amides is 1. The molecule has 80 valence electrons. The summed E-state index contributed by atoms with van der Waals surface area (Å²) >= 11 is 1.78. The van der Waals surface area contributed by atoms with Crippen molar-refractivity contribution in [1.29, 1.82) is 0 Å². The van der Waals surface area contributed by atoms with E-state index >= 15 is 0 Å². The summed E-state index contributed by atoms with van der Waals surface area (Å²) < 4.78 is 11.1. The summed E-state index contributed by atoms with van der Waals surface area (Å²) in [5.74, 6) is 2.74. The lowest BCUT2D eigenvalue weighted by Crippen LogP contribution is -2.45. The molecule has 0 radical (unpaired) electrons. The molecule has 1 atom stereocenters. The van der Waals surface area contributed by atoms with Crippen LogP contribution in [0.2, 0.25) is 0 Å². The van der Waals surface area contributed by atoms with Crippen molar-refractivity contribution in [2.24, 2.45) is 0 Å². The molecule has 0 aromatic heterocycles. The molecule has 1 amide bonds. The van der Waals surface area contributed by atoms with E-state index in [9.17, 15) is 9.00 Å². The van der Waals surface area contributed by atoms with E-state index in [4.69, 9.17) is 0 Å². The molecule has 2 aliphatic heterocycles. The fraction of sp³-hybridized carbons (Fsp3) is 0.889. The van der Waals surface area contributed by atoms with Crippen molar-refractivity contribution < 1.29 is 9.00 Å². The molecule has 5 heteroatoms. The van der Waals surface area contributed by atoms with Gasteiger partial charge in [0, 0.05) is 35.4 Å². The zero-order valence-electron chi connectivity index (χ0n) is 8.11. The van der Waals surface area contributed by atoms with E-state index in [2.05, 4.69) is 0 Å². The van der Waals surface area contributed by atoms with Crippen LogP contribution in [0.5, 0.6) is 0 Å². The minimum absolute atomic E-state index is 0.196.